The van der Waals surface area contributed by atoms with E-state index in [4.69, 9.17) is 4.74 Å². The molecule has 1 aromatic rings. The van der Waals surface area contributed by atoms with Crippen molar-refractivity contribution in [3.63, 3.8) is 0 Å². The second-order valence-corrected chi connectivity index (χ2v) is 35.3. The van der Waals surface area contributed by atoms with Crippen molar-refractivity contribution in [3.05, 3.63) is 35.9 Å². The average molecular weight is 320 g/mol. The number of esters is 1. The third kappa shape index (κ3) is 0.106. The number of hydrogen-bond acceptors (Lipinski definition) is 2. The Bertz CT molecular complexity index is 1150. The van der Waals surface area contributed by atoms with Crippen LogP contribution in [0.15, 0.2) is 30.3 Å². The van der Waals surface area contributed by atoms with Crippen molar-refractivity contribution < 1.29 is 16.0 Å². The fraction of sp³-hybridized carbons (Fsp3) is 0.611. The summed E-state index contributed by atoms with van der Waals surface area (Å²) in [6.07, 6.45) is 0. The average Bonchev–Trinajstić information content (AvgIpc) is 3.46. The Morgan fingerprint density at radius 2 is 1.52 bits per heavy atom. The van der Waals surface area contributed by atoms with Crippen molar-refractivity contribution in [3.8, 4) is 0 Å². The van der Waals surface area contributed by atoms with Gasteiger partial charge in [0.25, 0.3) is 0 Å². The predicted molar refractivity (Wildman–Crippen MR) is 72.7 cm³/mol. The van der Waals surface area contributed by atoms with Crippen LogP contribution in [0.3, 0.4) is 0 Å². The van der Waals surface area contributed by atoms with Crippen LogP contribution in [-0.2, 0) is 22.6 Å². The molecule has 0 bridgehead atoms. The SMILES string of the molecule is O=C(OCc1ccccc1)[C]12[CH]3[CH]4[CH]5[CH]1[Fe]45321678[CH]2[CH]1[CH]6[CH]7[CH]28. The van der Waals surface area contributed by atoms with Crippen molar-refractivity contribution in [2.45, 2.75) is 54.3 Å². The number of hydrogen-bond donors (Lipinski definition) is 0. The quantitative estimate of drug-likeness (QED) is 0.606. The van der Waals surface area contributed by atoms with E-state index in [1.54, 1.807) is 0 Å². The second kappa shape index (κ2) is 0.783. The molecule has 21 heavy (non-hydrogen) atoms. The minimum absolute atomic E-state index is 0.272. The first kappa shape index (κ1) is 8.17. The maximum atomic E-state index is 13.2. The molecular formula is C18H16FeO2. The number of fused-ring (bicyclic) bond motifs is 10. The van der Waals surface area contributed by atoms with Crippen LogP contribution in [0.5, 0.6) is 0 Å². The fourth-order valence-electron chi connectivity index (χ4n) is 17.6. The van der Waals surface area contributed by atoms with Crippen LogP contribution in [0.25, 0.3) is 0 Å². The van der Waals surface area contributed by atoms with E-state index in [-0.39, 0.29) is 4.31 Å². The van der Waals surface area contributed by atoms with Crippen molar-refractivity contribution in [1.29, 1.82) is 0 Å². The number of carbonyl (C=O) groups excluding carboxylic acids is 1. The number of benzene rings is 1. The zero-order valence-electron chi connectivity index (χ0n) is 11.5. The summed E-state index contributed by atoms with van der Waals surface area (Å²) in [5, 5.41) is 0. The summed E-state index contributed by atoms with van der Waals surface area (Å²) in [6.45, 7) is -2.75. The van der Waals surface area contributed by atoms with Crippen LogP contribution in [-0.4, -0.2) is 5.97 Å². The first-order valence-electron chi connectivity index (χ1n) is 8.47. The molecule has 3 heteroatoms. The van der Waals surface area contributed by atoms with E-state index in [0.29, 0.717) is 12.6 Å². The Labute approximate surface area is 112 Å². The van der Waals surface area contributed by atoms with E-state index >= 15 is 0 Å². The van der Waals surface area contributed by atoms with Crippen LogP contribution < -0.4 is 0 Å². The van der Waals surface area contributed by atoms with Gasteiger partial charge in [-0.05, 0) is 0 Å². The maximum absolute atomic E-state index is 13.2. The molecule has 10 aliphatic heterocycles. The summed E-state index contributed by atoms with van der Waals surface area (Å²) in [5.74, 6) is 0.317. The molecule has 0 aromatic heterocycles. The van der Waals surface area contributed by atoms with Crippen LogP contribution in [0, 0.1) is 0 Å². The summed E-state index contributed by atoms with van der Waals surface area (Å²) in [7, 11) is 0. The third-order valence-electron chi connectivity index (χ3n) is 16.2. The van der Waals surface area contributed by atoms with Gasteiger partial charge in [-0.3, -0.25) is 0 Å². The standard InChI is InChI=1S/C13H11O2.C5H5.Fe/c14-13(12-8-4-5-9-12)15-10-11-6-2-1-3-7-11;1-2-4-5-3-1;/h1-9H,10H2;1-5H;. The summed E-state index contributed by atoms with van der Waals surface area (Å²) < 4.78 is 6.22. The zero-order chi connectivity index (χ0) is 13.1. The molecule has 0 saturated carbocycles. The van der Waals surface area contributed by atoms with E-state index in [1.807, 2.05) is 18.2 Å². The Hall–Kier alpha value is -0.791. The van der Waals surface area contributed by atoms with Crippen LogP contribution in [0.1, 0.15) is 5.56 Å². The van der Waals surface area contributed by atoms with Gasteiger partial charge in [0.05, 0.1) is 0 Å². The van der Waals surface area contributed by atoms with Gasteiger partial charge in [-0.15, -0.1) is 0 Å². The molecule has 10 saturated heterocycles. The predicted octanol–water partition coefficient (Wildman–Crippen LogP) is 4.49. The first-order chi connectivity index (χ1) is 10.0. The summed E-state index contributed by atoms with van der Waals surface area (Å²) in [5.41, 5.74) is 1.15. The summed E-state index contributed by atoms with van der Waals surface area (Å²) >= 11 is 0. The first-order valence-corrected chi connectivity index (χ1v) is 14.8. The Kier molecular flexibility index (Phi) is 0.305. The van der Waals surface area contributed by atoms with Gasteiger partial charge in [-0.25, -0.2) is 0 Å². The fourth-order valence-corrected chi connectivity index (χ4v) is 91.1. The molecule has 4 atom stereocenters. The number of carbonyl (C=O) groups is 1. The molecule has 4 unspecified atom stereocenters. The number of ether oxygens (including phenoxy) is 1. The second-order valence-electron chi connectivity index (χ2n) is 11.7. The van der Waals surface area contributed by atoms with Crippen molar-refractivity contribution in [1.82, 2.24) is 0 Å². The Balaban J connectivity index is 1.16. The van der Waals surface area contributed by atoms with Gasteiger partial charge in [0.1, 0.15) is 0 Å². The zero-order valence-corrected chi connectivity index (χ0v) is 12.6. The van der Waals surface area contributed by atoms with Gasteiger partial charge < -0.3 is 0 Å². The van der Waals surface area contributed by atoms with E-state index < -0.39 is 6.51 Å². The van der Waals surface area contributed by atoms with Crippen molar-refractivity contribution in [2.75, 3.05) is 0 Å². The topological polar surface area (TPSA) is 26.3 Å². The number of rotatable bonds is 3. The molecule has 10 fully saturated rings. The van der Waals surface area contributed by atoms with Crippen LogP contribution in [0.2, 0.25) is 47.7 Å². The molecule has 1 aromatic carbocycles. The van der Waals surface area contributed by atoms with Gasteiger partial charge in [-0.1, -0.05) is 0 Å². The third-order valence-corrected chi connectivity index (χ3v) is 58.5. The van der Waals surface area contributed by atoms with Gasteiger partial charge in [0.15, 0.2) is 0 Å². The van der Waals surface area contributed by atoms with E-state index in [0.717, 1.165) is 15.2 Å². The molecule has 0 N–H and O–H groups in total. The van der Waals surface area contributed by atoms with E-state index in [2.05, 4.69) is 12.1 Å². The van der Waals surface area contributed by atoms with Gasteiger partial charge >= 0.3 is 112 Å². The van der Waals surface area contributed by atoms with Crippen LogP contribution in [0.4, 0.5) is 0 Å². The molecule has 108 valence electrons. The Morgan fingerprint density at radius 1 is 0.952 bits per heavy atom. The Morgan fingerprint density at radius 3 is 1.95 bits per heavy atom. The van der Waals surface area contributed by atoms with Crippen molar-refractivity contribution in [2.24, 2.45) is 0 Å². The molecule has 0 aliphatic carbocycles. The minimum atomic E-state index is -3.26. The normalized spacial score (nSPS) is 98.2. The van der Waals surface area contributed by atoms with Gasteiger partial charge in [0.2, 0.25) is 0 Å². The van der Waals surface area contributed by atoms with E-state index in [1.165, 1.54) is 33.7 Å². The van der Waals surface area contributed by atoms with E-state index in [9.17, 15) is 4.79 Å². The molecule has 1 spiro atoms. The summed E-state index contributed by atoms with van der Waals surface area (Å²) in [6, 6.07) is 10.2. The monoisotopic (exact) mass is 320 g/mol. The molecule has 0 radical (unpaired) electrons. The molecule has 10 aliphatic rings. The van der Waals surface area contributed by atoms with Crippen molar-refractivity contribution >= 4 is 5.97 Å². The molecule has 0 amide bonds. The molecule has 11 rings (SSSR count). The van der Waals surface area contributed by atoms with Gasteiger partial charge in [-0.2, -0.15) is 0 Å². The van der Waals surface area contributed by atoms with Gasteiger partial charge in [0, 0.05) is 0 Å². The molecular weight excluding hydrogens is 304 g/mol. The summed E-state index contributed by atoms with van der Waals surface area (Å²) in [4.78, 5) is 23.7. The molecule has 2 nitrogen and oxygen atoms in total. The molecule has 10 heterocycles. The van der Waals surface area contributed by atoms with Crippen LogP contribution >= 0.6 is 0 Å².